The van der Waals surface area contributed by atoms with Gasteiger partial charge in [0.2, 0.25) is 5.13 Å². The fourth-order valence-electron chi connectivity index (χ4n) is 1.92. The summed E-state index contributed by atoms with van der Waals surface area (Å²) < 4.78 is 11.0. The molecule has 0 aliphatic heterocycles. The number of para-hydroxylation sites is 2. The molecular formula is C16H15N3O3S2. The minimum absolute atomic E-state index is 0.127. The van der Waals surface area contributed by atoms with E-state index in [-0.39, 0.29) is 12.5 Å². The zero-order chi connectivity index (χ0) is 16.8. The van der Waals surface area contributed by atoms with Gasteiger partial charge in [0, 0.05) is 0 Å². The zero-order valence-electron chi connectivity index (χ0n) is 12.9. The van der Waals surface area contributed by atoms with E-state index in [1.807, 2.05) is 36.6 Å². The van der Waals surface area contributed by atoms with E-state index in [4.69, 9.17) is 9.47 Å². The number of hydrogen-bond donors (Lipinski definition) is 1. The molecule has 3 rings (SSSR count). The standard InChI is InChI=1S/C16H15N3O3S2/c1-2-21-11-6-3-4-7-12(11)22-10-14(20)17-16-19-18-15(24-16)13-8-5-9-23-13/h3-9H,2,10H2,1H3,(H,17,19,20). The van der Waals surface area contributed by atoms with E-state index in [1.165, 1.54) is 11.3 Å². The lowest BCUT2D eigenvalue weighted by Gasteiger charge is -2.10. The van der Waals surface area contributed by atoms with Crippen LogP contribution < -0.4 is 14.8 Å². The maximum absolute atomic E-state index is 12.0. The van der Waals surface area contributed by atoms with Gasteiger partial charge in [-0.1, -0.05) is 29.5 Å². The van der Waals surface area contributed by atoms with Crippen LogP contribution in [0.15, 0.2) is 41.8 Å². The Morgan fingerprint density at radius 3 is 2.62 bits per heavy atom. The van der Waals surface area contributed by atoms with Gasteiger partial charge in [0.25, 0.3) is 5.91 Å². The van der Waals surface area contributed by atoms with Crippen molar-refractivity contribution in [2.45, 2.75) is 6.92 Å². The third kappa shape index (κ3) is 4.09. The molecule has 0 atom stereocenters. The second-order valence-electron chi connectivity index (χ2n) is 4.61. The summed E-state index contributed by atoms with van der Waals surface area (Å²) >= 11 is 2.91. The first kappa shape index (κ1) is 16.4. The predicted octanol–water partition coefficient (Wildman–Crippen LogP) is 3.68. The Hall–Kier alpha value is -2.45. The summed E-state index contributed by atoms with van der Waals surface area (Å²) in [5.74, 6) is 0.852. The molecule has 3 aromatic rings. The monoisotopic (exact) mass is 361 g/mol. The van der Waals surface area contributed by atoms with E-state index in [0.717, 1.165) is 9.88 Å². The summed E-state index contributed by atoms with van der Waals surface area (Å²) in [6, 6.07) is 11.2. The number of aromatic nitrogens is 2. The van der Waals surface area contributed by atoms with E-state index in [0.29, 0.717) is 23.2 Å². The number of carbonyl (C=O) groups excluding carboxylic acids is 1. The van der Waals surface area contributed by atoms with Gasteiger partial charge >= 0.3 is 0 Å². The highest BCUT2D eigenvalue weighted by atomic mass is 32.1. The fraction of sp³-hybridized carbons (Fsp3) is 0.188. The van der Waals surface area contributed by atoms with Crippen LogP contribution in [0.4, 0.5) is 5.13 Å². The highest BCUT2D eigenvalue weighted by Crippen LogP contribution is 2.30. The zero-order valence-corrected chi connectivity index (χ0v) is 14.5. The molecule has 0 bridgehead atoms. The largest absolute Gasteiger partial charge is 0.490 e. The van der Waals surface area contributed by atoms with Gasteiger partial charge in [-0.3, -0.25) is 10.1 Å². The Balaban J connectivity index is 1.57. The molecule has 1 N–H and O–H groups in total. The van der Waals surface area contributed by atoms with Crippen LogP contribution in [0.5, 0.6) is 11.5 Å². The van der Waals surface area contributed by atoms with Crippen LogP contribution >= 0.6 is 22.7 Å². The first-order chi connectivity index (χ1) is 11.8. The number of hydrogen-bond acceptors (Lipinski definition) is 7. The van der Waals surface area contributed by atoms with E-state index in [2.05, 4.69) is 15.5 Å². The summed E-state index contributed by atoms with van der Waals surface area (Å²) in [6.07, 6.45) is 0. The molecule has 0 saturated heterocycles. The van der Waals surface area contributed by atoms with Gasteiger partial charge in [0.1, 0.15) is 0 Å². The first-order valence-corrected chi connectivity index (χ1v) is 8.97. The Morgan fingerprint density at radius 2 is 1.92 bits per heavy atom. The minimum atomic E-state index is -0.296. The Morgan fingerprint density at radius 1 is 1.12 bits per heavy atom. The van der Waals surface area contributed by atoms with Crippen LogP contribution in [0, 0.1) is 0 Å². The van der Waals surface area contributed by atoms with E-state index in [1.54, 1.807) is 23.5 Å². The molecule has 1 amide bonds. The molecule has 124 valence electrons. The van der Waals surface area contributed by atoms with Crippen molar-refractivity contribution >= 4 is 33.7 Å². The molecule has 0 saturated carbocycles. The quantitative estimate of drug-likeness (QED) is 0.695. The normalized spacial score (nSPS) is 10.4. The average molecular weight is 361 g/mol. The molecule has 2 aromatic heterocycles. The van der Waals surface area contributed by atoms with Crippen molar-refractivity contribution in [1.82, 2.24) is 10.2 Å². The van der Waals surface area contributed by atoms with Gasteiger partial charge in [0.15, 0.2) is 23.1 Å². The topological polar surface area (TPSA) is 73.3 Å². The Kier molecular flexibility index (Phi) is 5.39. The van der Waals surface area contributed by atoms with Gasteiger partial charge in [-0.05, 0) is 30.5 Å². The molecule has 1 aromatic carbocycles. The molecule has 0 fully saturated rings. The van der Waals surface area contributed by atoms with Crippen LogP contribution in [0.1, 0.15) is 6.92 Å². The molecule has 6 nitrogen and oxygen atoms in total. The number of ether oxygens (including phenoxy) is 2. The number of amides is 1. The molecule has 0 spiro atoms. The van der Waals surface area contributed by atoms with Crippen molar-refractivity contribution in [3.05, 3.63) is 41.8 Å². The second kappa shape index (κ2) is 7.89. The summed E-state index contributed by atoms with van der Waals surface area (Å²) in [4.78, 5) is 13.0. The Labute approximate surface area is 147 Å². The SMILES string of the molecule is CCOc1ccccc1OCC(=O)Nc1nnc(-c2cccs2)s1. The van der Waals surface area contributed by atoms with Crippen molar-refractivity contribution in [1.29, 1.82) is 0 Å². The molecule has 2 heterocycles. The van der Waals surface area contributed by atoms with Crippen molar-refractivity contribution < 1.29 is 14.3 Å². The van der Waals surface area contributed by atoms with Crippen molar-refractivity contribution in [2.24, 2.45) is 0 Å². The number of benzene rings is 1. The lowest BCUT2D eigenvalue weighted by Crippen LogP contribution is -2.20. The summed E-state index contributed by atoms with van der Waals surface area (Å²) in [7, 11) is 0. The molecule has 0 aliphatic rings. The van der Waals surface area contributed by atoms with Gasteiger partial charge in [-0.2, -0.15) is 0 Å². The number of nitrogens with one attached hydrogen (secondary N) is 1. The van der Waals surface area contributed by atoms with Gasteiger partial charge in [-0.25, -0.2) is 0 Å². The van der Waals surface area contributed by atoms with Crippen LogP contribution in [-0.4, -0.2) is 29.3 Å². The number of anilines is 1. The van der Waals surface area contributed by atoms with Crippen LogP contribution in [0.2, 0.25) is 0 Å². The van der Waals surface area contributed by atoms with Crippen LogP contribution in [0.3, 0.4) is 0 Å². The number of nitrogens with zero attached hydrogens (tertiary/aromatic N) is 2. The molecule has 0 unspecified atom stereocenters. The lowest BCUT2D eigenvalue weighted by molar-refractivity contribution is -0.118. The van der Waals surface area contributed by atoms with Gasteiger partial charge < -0.3 is 9.47 Å². The van der Waals surface area contributed by atoms with Crippen LogP contribution in [-0.2, 0) is 4.79 Å². The minimum Gasteiger partial charge on any atom is -0.490 e. The third-order valence-corrected chi connectivity index (χ3v) is 4.79. The first-order valence-electron chi connectivity index (χ1n) is 7.28. The predicted molar refractivity (Wildman–Crippen MR) is 95.0 cm³/mol. The summed E-state index contributed by atoms with van der Waals surface area (Å²) in [5.41, 5.74) is 0. The lowest BCUT2D eigenvalue weighted by atomic mass is 10.3. The number of carbonyl (C=O) groups is 1. The van der Waals surface area contributed by atoms with Crippen molar-refractivity contribution in [3.8, 4) is 21.4 Å². The van der Waals surface area contributed by atoms with Crippen molar-refractivity contribution in [3.63, 3.8) is 0 Å². The smallest absolute Gasteiger partial charge is 0.264 e. The molecule has 0 aliphatic carbocycles. The molecular weight excluding hydrogens is 346 g/mol. The second-order valence-corrected chi connectivity index (χ2v) is 6.53. The van der Waals surface area contributed by atoms with E-state index < -0.39 is 0 Å². The molecule has 24 heavy (non-hydrogen) atoms. The van der Waals surface area contributed by atoms with Crippen LogP contribution in [0.25, 0.3) is 9.88 Å². The maximum Gasteiger partial charge on any atom is 0.264 e. The molecule has 8 heteroatoms. The highest BCUT2D eigenvalue weighted by molar-refractivity contribution is 7.23. The highest BCUT2D eigenvalue weighted by Gasteiger charge is 2.12. The molecule has 0 radical (unpaired) electrons. The summed E-state index contributed by atoms with van der Waals surface area (Å²) in [5, 5.41) is 13.9. The van der Waals surface area contributed by atoms with E-state index in [9.17, 15) is 4.79 Å². The third-order valence-electron chi connectivity index (χ3n) is 2.91. The maximum atomic E-state index is 12.0. The van der Waals surface area contributed by atoms with Gasteiger partial charge in [-0.15, -0.1) is 21.5 Å². The van der Waals surface area contributed by atoms with E-state index >= 15 is 0 Å². The number of thiophene rings is 1. The van der Waals surface area contributed by atoms with Gasteiger partial charge in [0.05, 0.1) is 11.5 Å². The number of rotatable bonds is 7. The average Bonchev–Trinajstić information content (AvgIpc) is 3.25. The fourth-order valence-corrected chi connectivity index (χ4v) is 3.47. The Bertz CT molecular complexity index is 803. The van der Waals surface area contributed by atoms with Crippen molar-refractivity contribution in [2.75, 3.05) is 18.5 Å². The summed E-state index contributed by atoms with van der Waals surface area (Å²) in [6.45, 7) is 2.30.